The number of anilines is 1. The molecule has 0 radical (unpaired) electrons. The SMILES string of the molecule is Nc1ccc(-c2n[nH]c(-c3ccco3)n2)cc1. The van der Waals surface area contributed by atoms with Crippen LogP contribution in [0.4, 0.5) is 5.69 Å². The molecule has 3 rings (SSSR count). The summed E-state index contributed by atoms with van der Waals surface area (Å²) in [6.07, 6.45) is 1.60. The smallest absolute Gasteiger partial charge is 0.192 e. The van der Waals surface area contributed by atoms with E-state index in [0.29, 0.717) is 17.4 Å². The number of hydrogen-bond acceptors (Lipinski definition) is 4. The van der Waals surface area contributed by atoms with E-state index < -0.39 is 0 Å². The highest BCUT2D eigenvalue weighted by Gasteiger charge is 2.08. The number of rotatable bonds is 2. The first-order chi connectivity index (χ1) is 8.33. The normalized spacial score (nSPS) is 10.6. The number of hydrogen-bond donors (Lipinski definition) is 2. The second-order valence-corrected chi connectivity index (χ2v) is 3.61. The Bertz CT molecular complexity index is 610. The van der Waals surface area contributed by atoms with Crippen LogP contribution in [-0.2, 0) is 0 Å². The summed E-state index contributed by atoms with van der Waals surface area (Å²) in [7, 11) is 0. The van der Waals surface area contributed by atoms with E-state index in [9.17, 15) is 0 Å². The summed E-state index contributed by atoms with van der Waals surface area (Å²) in [5.74, 6) is 1.90. The molecule has 0 bridgehead atoms. The molecule has 84 valence electrons. The van der Waals surface area contributed by atoms with Gasteiger partial charge in [0.1, 0.15) is 0 Å². The molecule has 5 heteroatoms. The topological polar surface area (TPSA) is 80.7 Å². The maximum absolute atomic E-state index is 5.62. The van der Waals surface area contributed by atoms with Gasteiger partial charge in [0, 0.05) is 11.3 Å². The van der Waals surface area contributed by atoms with Crippen molar-refractivity contribution in [2.24, 2.45) is 0 Å². The number of aromatic amines is 1. The Balaban J connectivity index is 1.98. The molecule has 0 amide bonds. The van der Waals surface area contributed by atoms with E-state index in [1.165, 1.54) is 0 Å². The van der Waals surface area contributed by atoms with Crippen LogP contribution in [0.2, 0.25) is 0 Å². The molecule has 1 aromatic carbocycles. The fraction of sp³-hybridized carbons (Fsp3) is 0. The fourth-order valence-corrected chi connectivity index (χ4v) is 1.55. The molecule has 17 heavy (non-hydrogen) atoms. The van der Waals surface area contributed by atoms with Gasteiger partial charge in [-0.15, -0.1) is 0 Å². The second-order valence-electron chi connectivity index (χ2n) is 3.61. The van der Waals surface area contributed by atoms with Gasteiger partial charge in [-0.3, -0.25) is 5.10 Å². The Labute approximate surface area is 97.3 Å². The van der Waals surface area contributed by atoms with Crippen LogP contribution in [0.1, 0.15) is 0 Å². The number of benzene rings is 1. The third-order valence-electron chi connectivity index (χ3n) is 2.41. The molecule has 0 saturated heterocycles. The zero-order valence-electron chi connectivity index (χ0n) is 8.92. The van der Waals surface area contributed by atoms with Crippen molar-refractivity contribution < 1.29 is 4.42 Å². The van der Waals surface area contributed by atoms with Crippen molar-refractivity contribution in [1.29, 1.82) is 0 Å². The van der Waals surface area contributed by atoms with Crippen molar-refractivity contribution in [3.63, 3.8) is 0 Å². The predicted octanol–water partition coefficient (Wildman–Crippen LogP) is 2.31. The van der Waals surface area contributed by atoms with Gasteiger partial charge in [0.25, 0.3) is 0 Å². The summed E-state index contributed by atoms with van der Waals surface area (Å²) in [6, 6.07) is 11.0. The Morgan fingerprint density at radius 1 is 1.12 bits per heavy atom. The van der Waals surface area contributed by atoms with Crippen molar-refractivity contribution in [2.45, 2.75) is 0 Å². The van der Waals surface area contributed by atoms with Gasteiger partial charge in [-0.25, -0.2) is 4.98 Å². The van der Waals surface area contributed by atoms with Crippen molar-refractivity contribution in [1.82, 2.24) is 15.2 Å². The van der Waals surface area contributed by atoms with E-state index in [-0.39, 0.29) is 0 Å². The van der Waals surface area contributed by atoms with Gasteiger partial charge in [-0.2, -0.15) is 5.10 Å². The third-order valence-corrected chi connectivity index (χ3v) is 2.41. The first-order valence-electron chi connectivity index (χ1n) is 5.15. The second kappa shape index (κ2) is 3.79. The number of H-pyrrole nitrogens is 1. The van der Waals surface area contributed by atoms with Crippen LogP contribution >= 0.6 is 0 Å². The van der Waals surface area contributed by atoms with Gasteiger partial charge in [0.2, 0.25) is 0 Å². The van der Waals surface area contributed by atoms with Gasteiger partial charge in [-0.05, 0) is 36.4 Å². The maximum atomic E-state index is 5.62. The van der Waals surface area contributed by atoms with E-state index in [0.717, 1.165) is 11.3 Å². The highest BCUT2D eigenvalue weighted by molar-refractivity contribution is 5.60. The van der Waals surface area contributed by atoms with Crippen LogP contribution in [0.3, 0.4) is 0 Å². The molecule has 0 atom stereocenters. The largest absolute Gasteiger partial charge is 0.461 e. The van der Waals surface area contributed by atoms with Gasteiger partial charge >= 0.3 is 0 Å². The Morgan fingerprint density at radius 2 is 1.94 bits per heavy atom. The molecule has 5 nitrogen and oxygen atoms in total. The molecule has 0 unspecified atom stereocenters. The highest BCUT2D eigenvalue weighted by Crippen LogP contribution is 2.20. The summed E-state index contributed by atoms with van der Waals surface area (Å²) in [5.41, 5.74) is 7.25. The van der Waals surface area contributed by atoms with Crippen LogP contribution in [0, 0.1) is 0 Å². The minimum absolute atomic E-state index is 0.613. The first-order valence-corrected chi connectivity index (χ1v) is 5.15. The number of nitrogen functional groups attached to an aromatic ring is 1. The van der Waals surface area contributed by atoms with Crippen LogP contribution < -0.4 is 5.73 Å². The van der Waals surface area contributed by atoms with E-state index >= 15 is 0 Å². The molecule has 2 aromatic heterocycles. The van der Waals surface area contributed by atoms with Gasteiger partial charge < -0.3 is 10.2 Å². The number of furan rings is 1. The molecule has 3 aromatic rings. The van der Waals surface area contributed by atoms with Crippen molar-refractivity contribution in [3.8, 4) is 23.0 Å². The molecular formula is C12H10N4O. The van der Waals surface area contributed by atoms with Crippen LogP contribution in [0.15, 0.2) is 47.1 Å². The molecule has 0 fully saturated rings. The first kappa shape index (κ1) is 9.65. The molecule has 0 aliphatic heterocycles. The number of nitrogens with one attached hydrogen (secondary N) is 1. The molecule has 0 aliphatic carbocycles. The molecule has 3 N–H and O–H groups in total. The molecule has 0 saturated carbocycles. The summed E-state index contributed by atoms with van der Waals surface area (Å²) < 4.78 is 5.23. The monoisotopic (exact) mass is 226 g/mol. The highest BCUT2D eigenvalue weighted by atomic mass is 16.3. The lowest BCUT2D eigenvalue weighted by atomic mass is 10.2. The number of nitrogens with two attached hydrogens (primary N) is 1. The van der Waals surface area contributed by atoms with Crippen molar-refractivity contribution in [2.75, 3.05) is 5.73 Å². The predicted molar refractivity (Wildman–Crippen MR) is 63.9 cm³/mol. The molecular weight excluding hydrogens is 216 g/mol. The van der Waals surface area contributed by atoms with E-state index in [4.69, 9.17) is 10.2 Å². The minimum atomic E-state index is 0.613. The van der Waals surface area contributed by atoms with E-state index in [2.05, 4.69) is 15.2 Å². The fourth-order valence-electron chi connectivity index (χ4n) is 1.55. The average Bonchev–Trinajstić information content (AvgIpc) is 3.00. The molecule has 2 heterocycles. The zero-order chi connectivity index (χ0) is 11.7. The quantitative estimate of drug-likeness (QED) is 0.657. The third kappa shape index (κ3) is 1.78. The molecule has 0 spiro atoms. The summed E-state index contributed by atoms with van der Waals surface area (Å²) in [4.78, 5) is 4.35. The summed E-state index contributed by atoms with van der Waals surface area (Å²) in [5, 5.41) is 6.97. The van der Waals surface area contributed by atoms with Gasteiger partial charge in [-0.1, -0.05) is 0 Å². The summed E-state index contributed by atoms with van der Waals surface area (Å²) in [6.45, 7) is 0. The van der Waals surface area contributed by atoms with Gasteiger partial charge in [0.15, 0.2) is 17.4 Å². The van der Waals surface area contributed by atoms with Crippen LogP contribution in [-0.4, -0.2) is 15.2 Å². The van der Waals surface area contributed by atoms with E-state index in [1.54, 1.807) is 12.3 Å². The zero-order valence-corrected chi connectivity index (χ0v) is 8.92. The van der Waals surface area contributed by atoms with Crippen molar-refractivity contribution >= 4 is 5.69 Å². The lowest BCUT2D eigenvalue weighted by Gasteiger charge is -1.95. The lowest BCUT2D eigenvalue weighted by molar-refractivity contribution is 0.577. The Kier molecular flexibility index (Phi) is 2.15. The van der Waals surface area contributed by atoms with E-state index in [1.807, 2.05) is 30.3 Å². The number of aromatic nitrogens is 3. The minimum Gasteiger partial charge on any atom is -0.461 e. The Hall–Kier alpha value is -2.56. The average molecular weight is 226 g/mol. The summed E-state index contributed by atoms with van der Waals surface area (Å²) >= 11 is 0. The van der Waals surface area contributed by atoms with Crippen molar-refractivity contribution in [3.05, 3.63) is 42.7 Å². The lowest BCUT2D eigenvalue weighted by Crippen LogP contribution is -1.85. The van der Waals surface area contributed by atoms with Crippen LogP contribution in [0.5, 0.6) is 0 Å². The van der Waals surface area contributed by atoms with Crippen LogP contribution in [0.25, 0.3) is 23.0 Å². The number of nitrogens with zero attached hydrogens (tertiary/aromatic N) is 2. The van der Waals surface area contributed by atoms with Gasteiger partial charge in [0.05, 0.1) is 6.26 Å². The standard InChI is InChI=1S/C12H10N4O/c13-9-5-3-8(4-6-9)11-14-12(16-15-11)10-2-1-7-17-10/h1-7H,13H2,(H,14,15,16). The Morgan fingerprint density at radius 3 is 2.65 bits per heavy atom. The molecule has 0 aliphatic rings. The maximum Gasteiger partial charge on any atom is 0.192 e.